The summed E-state index contributed by atoms with van der Waals surface area (Å²) in [5.74, 6) is 2.68. The van der Waals surface area contributed by atoms with Gasteiger partial charge >= 0.3 is 29.6 Å². The summed E-state index contributed by atoms with van der Waals surface area (Å²) in [7, 11) is 0. The molecule has 0 fully saturated rings. The van der Waals surface area contributed by atoms with Crippen LogP contribution in [0.3, 0.4) is 0 Å². The molecule has 0 spiro atoms. The molecule has 0 amide bonds. The van der Waals surface area contributed by atoms with Crippen LogP contribution < -0.4 is 29.6 Å². The van der Waals surface area contributed by atoms with E-state index in [-0.39, 0.29) is 29.6 Å². The normalized spacial score (nSPS) is 16.7. The Balaban J connectivity index is 0. The number of hydrogen-bond donors (Lipinski definition) is 0. The predicted octanol–water partition coefficient (Wildman–Crippen LogP) is 1.89. The summed E-state index contributed by atoms with van der Waals surface area (Å²) < 4.78 is 0. The quantitative estimate of drug-likeness (QED) is 0.581. The maximum atomic E-state index is 2.42. The number of hydrogen-bond acceptors (Lipinski definition) is 0. The molecule has 0 nitrogen and oxygen atoms in total. The van der Waals surface area contributed by atoms with Crippen molar-refractivity contribution in [1.29, 1.82) is 0 Å². The monoisotopic (exact) mass is 205 g/mol. The van der Waals surface area contributed by atoms with Crippen molar-refractivity contribution < 1.29 is 29.6 Å². The van der Waals surface area contributed by atoms with Gasteiger partial charge in [-0.2, -0.15) is 0 Å². The van der Waals surface area contributed by atoms with E-state index in [0.717, 1.165) is 24.2 Å². The van der Waals surface area contributed by atoms with Crippen LogP contribution in [0, 0.1) is 0 Å². The van der Waals surface area contributed by atoms with Crippen molar-refractivity contribution in [1.82, 2.24) is 0 Å². The molecule has 0 rings (SSSR count). The Kier molecular flexibility index (Phi) is 11.6. The summed E-state index contributed by atoms with van der Waals surface area (Å²) in [5.41, 5.74) is 0. The minimum absolute atomic E-state index is 0. The van der Waals surface area contributed by atoms with E-state index in [4.69, 9.17) is 0 Å². The molecule has 0 aliphatic carbocycles. The van der Waals surface area contributed by atoms with Gasteiger partial charge < -0.3 is 0 Å². The Morgan fingerprint density at radius 2 is 0.929 bits per heavy atom. The van der Waals surface area contributed by atoms with Crippen molar-refractivity contribution >= 4 is 6.71 Å². The maximum Gasteiger partial charge on any atom is 1.00 e. The molecule has 0 heterocycles. The van der Waals surface area contributed by atoms with Gasteiger partial charge in [0.05, 0.1) is 0 Å². The molecule has 0 aliphatic rings. The molecular weight excluding hydrogens is 178 g/mol. The Bertz CT molecular complexity index is 104. The van der Waals surface area contributed by atoms with E-state index in [1.54, 1.807) is 0 Å². The smallest absolute Gasteiger partial charge is 0.0691 e. The van der Waals surface area contributed by atoms with Crippen LogP contribution in [0.5, 0.6) is 0 Å². The van der Waals surface area contributed by atoms with Gasteiger partial charge in [0, 0.05) is 0 Å². The van der Waals surface area contributed by atoms with Crippen LogP contribution in [-0.4, -0.2) is 6.71 Å². The van der Waals surface area contributed by atoms with E-state index in [1.165, 1.54) is 19.3 Å². The minimum Gasteiger partial charge on any atom is -0.0691 e. The Labute approximate surface area is 114 Å². The molecule has 0 saturated carbocycles. The molecule has 14 heavy (non-hydrogen) atoms. The van der Waals surface area contributed by atoms with E-state index < -0.39 is 0 Å². The van der Waals surface area contributed by atoms with Crippen molar-refractivity contribution in [2.75, 3.05) is 0 Å². The average molecular weight is 205 g/mol. The molecule has 0 bridgehead atoms. The summed E-state index contributed by atoms with van der Waals surface area (Å²) in [6, 6.07) is 0. The van der Waals surface area contributed by atoms with Gasteiger partial charge in [-0.05, 0) is 0 Å². The third-order valence-corrected chi connectivity index (χ3v) is 3.90. The first kappa shape index (κ1) is 17.5. The first-order chi connectivity index (χ1) is 6.08. The van der Waals surface area contributed by atoms with Crippen LogP contribution in [0.15, 0.2) is 0 Å². The summed E-state index contributed by atoms with van der Waals surface area (Å²) in [6.07, 6.45) is 4.00. The van der Waals surface area contributed by atoms with Gasteiger partial charge in [0.1, 0.15) is 6.71 Å². The topological polar surface area (TPSA) is 0 Å². The van der Waals surface area contributed by atoms with Gasteiger partial charge in [0.15, 0.2) is 0 Å². The Hall–Kier alpha value is 1.06. The fourth-order valence-electron chi connectivity index (χ4n) is 2.50. The Morgan fingerprint density at radius 1 is 0.714 bits per heavy atom. The van der Waals surface area contributed by atoms with Gasteiger partial charge in [0.25, 0.3) is 0 Å². The first-order valence-electron chi connectivity index (χ1n) is 6.08. The Morgan fingerprint density at radius 3 is 1.07 bits per heavy atom. The zero-order chi connectivity index (χ0) is 10.4. The summed E-state index contributed by atoms with van der Waals surface area (Å²) in [4.78, 5) is 0. The number of rotatable bonds is 6. The second kappa shape index (κ2) is 9.30. The van der Waals surface area contributed by atoms with E-state index >= 15 is 0 Å². The summed E-state index contributed by atoms with van der Waals surface area (Å²) in [5, 5.41) is 0. The molecule has 3 atom stereocenters. The zero-order valence-electron chi connectivity index (χ0n) is 11.4. The van der Waals surface area contributed by atoms with Gasteiger partial charge in [-0.25, -0.2) is 0 Å². The van der Waals surface area contributed by atoms with Crippen LogP contribution in [0.2, 0.25) is 17.5 Å². The standard InChI is InChI=1S/C12H27B.Na/c1-7-10(4)13(11(5)8-2)12(6)9-3;/h10-12H,7-9H2,1-6H3;/q;+1. The van der Waals surface area contributed by atoms with Crippen LogP contribution in [-0.2, 0) is 0 Å². The first-order valence-corrected chi connectivity index (χ1v) is 6.08. The summed E-state index contributed by atoms with van der Waals surface area (Å²) in [6.45, 7) is 15.2. The van der Waals surface area contributed by atoms with E-state index in [2.05, 4.69) is 41.5 Å². The molecule has 0 aromatic heterocycles. The maximum absolute atomic E-state index is 2.42. The van der Waals surface area contributed by atoms with E-state index in [9.17, 15) is 0 Å². The molecule has 0 aromatic carbocycles. The van der Waals surface area contributed by atoms with Crippen LogP contribution in [0.4, 0.5) is 0 Å². The van der Waals surface area contributed by atoms with Crippen molar-refractivity contribution in [3.05, 3.63) is 0 Å². The molecule has 2 heteroatoms. The third-order valence-electron chi connectivity index (χ3n) is 3.90. The fraction of sp³-hybridized carbons (Fsp3) is 1.00. The fourth-order valence-corrected chi connectivity index (χ4v) is 2.50. The second-order valence-corrected chi connectivity index (χ2v) is 4.73. The van der Waals surface area contributed by atoms with Crippen molar-refractivity contribution in [3.63, 3.8) is 0 Å². The molecule has 0 aliphatic heterocycles. The molecule has 0 radical (unpaired) electrons. The van der Waals surface area contributed by atoms with Crippen molar-refractivity contribution in [2.24, 2.45) is 0 Å². The van der Waals surface area contributed by atoms with Gasteiger partial charge in [-0.1, -0.05) is 78.3 Å². The largest absolute Gasteiger partial charge is 1.00 e. The molecular formula is C12H27BNa+. The second-order valence-electron chi connectivity index (χ2n) is 4.73. The van der Waals surface area contributed by atoms with Crippen LogP contribution in [0.1, 0.15) is 60.8 Å². The third kappa shape index (κ3) is 5.23. The molecule has 78 valence electrons. The molecule has 3 unspecified atom stereocenters. The van der Waals surface area contributed by atoms with Gasteiger partial charge in [0.2, 0.25) is 0 Å². The van der Waals surface area contributed by atoms with Gasteiger partial charge in [-0.3, -0.25) is 0 Å². The average Bonchev–Trinajstić information content (AvgIpc) is 2.16. The van der Waals surface area contributed by atoms with Crippen molar-refractivity contribution in [3.8, 4) is 0 Å². The molecule has 0 aromatic rings. The molecule has 0 saturated heterocycles. The van der Waals surface area contributed by atoms with E-state index in [1.807, 2.05) is 0 Å². The zero-order valence-corrected chi connectivity index (χ0v) is 13.4. The van der Waals surface area contributed by atoms with Crippen LogP contribution >= 0.6 is 0 Å². The van der Waals surface area contributed by atoms with Crippen molar-refractivity contribution in [2.45, 2.75) is 78.3 Å². The predicted molar refractivity (Wildman–Crippen MR) is 64.9 cm³/mol. The van der Waals surface area contributed by atoms with Crippen LogP contribution in [0.25, 0.3) is 0 Å². The van der Waals surface area contributed by atoms with E-state index in [0.29, 0.717) is 0 Å². The van der Waals surface area contributed by atoms with Gasteiger partial charge in [-0.15, -0.1) is 0 Å². The minimum atomic E-state index is 0. The molecule has 0 N–H and O–H groups in total. The SMILES string of the molecule is CCC(C)B(C(C)CC)C(C)CC.[Na+]. The summed E-state index contributed by atoms with van der Waals surface area (Å²) >= 11 is 0.